The number of fused-ring (bicyclic) bond motifs is 3. The predicted molar refractivity (Wildman–Crippen MR) is 125 cm³/mol. The molecule has 1 fully saturated rings. The summed E-state index contributed by atoms with van der Waals surface area (Å²) in [6.45, 7) is 4.26. The van der Waals surface area contributed by atoms with Crippen molar-refractivity contribution in [2.75, 3.05) is 39.5 Å². The number of aromatic amines is 1. The summed E-state index contributed by atoms with van der Waals surface area (Å²) in [6.07, 6.45) is 0. The summed E-state index contributed by atoms with van der Waals surface area (Å²) in [5, 5.41) is 0.871. The van der Waals surface area contributed by atoms with Gasteiger partial charge in [-0.1, -0.05) is 24.3 Å². The first-order valence-electron chi connectivity index (χ1n) is 11.0. The highest BCUT2D eigenvalue weighted by Crippen LogP contribution is 2.32. The molecule has 3 heterocycles. The molecule has 0 unspecified atom stereocenters. The Morgan fingerprint density at radius 1 is 1.15 bits per heavy atom. The maximum atomic E-state index is 12.9. The lowest BCUT2D eigenvalue weighted by atomic mass is 10.1. The van der Waals surface area contributed by atoms with Crippen LogP contribution in [0, 0.1) is 0 Å². The molecule has 4 aromatic rings. The minimum Gasteiger partial charge on any atom is -0.492 e. The van der Waals surface area contributed by atoms with Crippen LogP contribution in [0.5, 0.6) is 5.75 Å². The van der Waals surface area contributed by atoms with Crippen LogP contribution in [0.25, 0.3) is 33.2 Å². The van der Waals surface area contributed by atoms with Gasteiger partial charge in [-0.05, 0) is 23.8 Å². The number of rotatable bonds is 7. The van der Waals surface area contributed by atoms with E-state index in [1.807, 2.05) is 18.2 Å². The van der Waals surface area contributed by atoms with Gasteiger partial charge < -0.3 is 20.2 Å². The lowest BCUT2D eigenvalue weighted by Crippen LogP contribution is -2.38. The van der Waals surface area contributed by atoms with E-state index in [2.05, 4.69) is 9.88 Å². The van der Waals surface area contributed by atoms with Gasteiger partial charge in [-0.25, -0.2) is 9.37 Å². The Hall–Kier alpha value is -3.49. The Morgan fingerprint density at radius 3 is 2.67 bits per heavy atom. The molecule has 0 radical (unpaired) electrons. The number of alkyl halides is 1. The molecule has 3 N–H and O–H groups in total. The Bertz CT molecular complexity index is 1300. The number of aromatic nitrogens is 2. The number of hydrogen-bond acceptors (Lipinski definition) is 5. The smallest absolute Gasteiger partial charge is 0.250 e. The average Bonchev–Trinajstić information content (AvgIpc) is 3.22. The van der Waals surface area contributed by atoms with Gasteiger partial charge >= 0.3 is 0 Å². The van der Waals surface area contributed by atoms with Crippen molar-refractivity contribution < 1.29 is 18.7 Å². The summed E-state index contributed by atoms with van der Waals surface area (Å²) >= 11 is 0. The molecule has 1 aliphatic rings. The van der Waals surface area contributed by atoms with Crippen LogP contribution in [-0.2, 0) is 11.4 Å². The van der Waals surface area contributed by atoms with Crippen molar-refractivity contribution in [1.82, 2.24) is 14.9 Å². The van der Waals surface area contributed by atoms with E-state index in [1.165, 1.54) is 0 Å². The highest BCUT2D eigenvalue weighted by atomic mass is 19.1. The quantitative estimate of drug-likeness (QED) is 0.450. The van der Waals surface area contributed by atoms with Crippen molar-refractivity contribution in [2.45, 2.75) is 6.67 Å². The maximum Gasteiger partial charge on any atom is 0.250 e. The summed E-state index contributed by atoms with van der Waals surface area (Å²) in [4.78, 5) is 22.6. The van der Waals surface area contributed by atoms with E-state index in [9.17, 15) is 9.18 Å². The van der Waals surface area contributed by atoms with Crippen LogP contribution in [0.3, 0.4) is 0 Å². The van der Waals surface area contributed by atoms with E-state index in [0.29, 0.717) is 34.5 Å². The fraction of sp³-hybridized carbons (Fsp3) is 0.280. The number of morpholine rings is 1. The Kier molecular flexibility index (Phi) is 5.93. The summed E-state index contributed by atoms with van der Waals surface area (Å²) < 4.78 is 24.2. The SMILES string of the molecule is NC(=O)c1cc(-c2ccc(CF)cc2)nc2c1[nH]c1cc(OCCN3CCOCC3)ccc12. The third-order valence-electron chi connectivity index (χ3n) is 5.97. The van der Waals surface area contributed by atoms with Gasteiger partial charge in [0, 0.05) is 36.7 Å². The number of nitrogens with zero attached hydrogens (tertiary/aromatic N) is 2. The van der Waals surface area contributed by atoms with Gasteiger partial charge in [-0.15, -0.1) is 0 Å². The lowest BCUT2D eigenvalue weighted by Gasteiger charge is -2.26. The monoisotopic (exact) mass is 448 g/mol. The number of amides is 1. The topological polar surface area (TPSA) is 93.5 Å². The van der Waals surface area contributed by atoms with E-state index in [0.717, 1.165) is 55.1 Å². The Balaban J connectivity index is 1.46. The summed E-state index contributed by atoms with van der Waals surface area (Å²) in [6, 6.07) is 14.4. The van der Waals surface area contributed by atoms with E-state index in [1.54, 1.807) is 30.3 Å². The predicted octanol–water partition coefficient (Wildman–Crippen LogP) is 3.66. The maximum absolute atomic E-state index is 12.9. The normalized spacial score (nSPS) is 14.7. The van der Waals surface area contributed by atoms with Gasteiger partial charge in [0.1, 0.15) is 19.0 Å². The minimum absolute atomic E-state index is 0.357. The lowest BCUT2D eigenvalue weighted by molar-refractivity contribution is 0.0322. The Morgan fingerprint density at radius 2 is 1.94 bits per heavy atom. The van der Waals surface area contributed by atoms with Crippen LogP contribution >= 0.6 is 0 Å². The van der Waals surface area contributed by atoms with Gasteiger partial charge in [0.05, 0.1) is 41.0 Å². The molecule has 0 spiro atoms. The number of hydrogen-bond donors (Lipinski definition) is 2. The molecule has 2 aromatic carbocycles. The van der Waals surface area contributed by atoms with Crippen molar-refractivity contribution >= 4 is 27.8 Å². The van der Waals surface area contributed by atoms with E-state index < -0.39 is 12.6 Å². The fourth-order valence-electron chi connectivity index (χ4n) is 4.15. The van der Waals surface area contributed by atoms with Crippen LogP contribution < -0.4 is 10.5 Å². The van der Waals surface area contributed by atoms with Gasteiger partial charge in [-0.3, -0.25) is 9.69 Å². The molecule has 5 rings (SSSR count). The zero-order valence-corrected chi connectivity index (χ0v) is 18.1. The summed E-state index contributed by atoms with van der Waals surface area (Å²) in [7, 11) is 0. The van der Waals surface area contributed by atoms with Crippen molar-refractivity contribution in [3.8, 4) is 17.0 Å². The molecule has 0 aliphatic carbocycles. The number of ether oxygens (including phenoxy) is 2. The molecule has 1 aliphatic heterocycles. The third-order valence-corrected chi connectivity index (χ3v) is 5.97. The molecule has 2 aromatic heterocycles. The molecule has 33 heavy (non-hydrogen) atoms. The number of nitrogens with two attached hydrogens (primary N) is 1. The second kappa shape index (κ2) is 9.17. The van der Waals surface area contributed by atoms with Gasteiger partial charge in [0.15, 0.2) is 0 Å². The van der Waals surface area contributed by atoms with Crippen LogP contribution in [0.1, 0.15) is 15.9 Å². The molecular weight excluding hydrogens is 423 g/mol. The van der Waals surface area contributed by atoms with Crippen molar-refractivity contribution in [3.05, 3.63) is 59.7 Å². The number of benzene rings is 2. The van der Waals surface area contributed by atoms with Crippen LogP contribution in [0.15, 0.2) is 48.5 Å². The van der Waals surface area contributed by atoms with E-state index in [4.69, 9.17) is 20.2 Å². The van der Waals surface area contributed by atoms with E-state index in [-0.39, 0.29) is 0 Å². The zero-order chi connectivity index (χ0) is 22.8. The number of halogens is 1. The van der Waals surface area contributed by atoms with Gasteiger partial charge in [-0.2, -0.15) is 0 Å². The summed E-state index contributed by atoms with van der Waals surface area (Å²) in [5.41, 5.74) is 10.1. The fourth-order valence-corrected chi connectivity index (χ4v) is 4.15. The number of H-pyrrole nitrogens is 1. The Labute approximate surface area is 190 Å². The first-order valence-corrected chi connectivity index (χ1v) is 11.0. The van der Waals surface area contributed by atoms with Crippen LogP contribution in [0.2, 0.25) is 0 Å². The molecular formula is C25H25FN4O3. The van der Waals surface area contributed by atoms with Crippen LogP contribution in [-0.4, -0.2) is 60.2 Å². The molecule has 8 heteroatoms. The number of pyridine rings is 1. The molecule has 170 valence electrons. The first kappa shape index (κ1) is 21.4. The summed E-state index contributed by atoms with van der Waals surface area (Å²) in [5.74, 6) is 0.197. The van der Waals surface area contributed by atoms with Crippen molar-refractivity contribution in [2.24, 2.45) is 5.73 Å². The first-order chi connectivity index (χ1) is 16.1. The number of nitrogens with one attached hydrogen (secondary N) is 1. The minimum atomic E-state index is -0.544. The molecule has 0 atom stereocenters. The molecule has 0 saturated carbocycles. The zero-order valence-electron chi connectivity index (χ0n) is 18.1. The second-order valence-electron chi connectivity index (χ2n) is 8.11. The van der Waals surface area contributed by atoms with Crippen molar-refractivity contribution in [1.29, 1.82) is 0 Å². The third kappa shape index (κ3) is 4.40. The average molecular weight is 448 g/mol. The second-order valence-corrected chi connectivity index (χ2v) is 8.11. The number of primary amides is 1. The molecule has 1 saturated heterocycles. The van der Waals surface area contributed by atoms with Crippen molar-refractivity contribution in [3.63, 3.8) is 0 Å². The number of carbonyl (C=O) groups excluding carboxylic acids is 1. The highest BCUT2D eigenvalue weighted by Gasteiger charge is 2.17. The molecule has 7 nitrogen and oxygen atoms in total. The largest absolute Gasteiger partial charge is 0.492 e. The van der Waals surface area contributed by atoms with Gasteiger partial charge in [0.2, 0.25) is 0 Å². The standard InChI is InChI=1S/C25H25FN4O3/c26-15-16-1-3-17(4-2-16)21-14-20(25(27)31)24-23(28-21)19-6-5-18(13-22(19)29-24)33-12-9-30-7-10-32-11-8-30/h1-6,13-14,29H,7-12,15H2,(H2,27,31). The molecule has 1 amide bonds. The molecule has 0 bridgehead atoms. The van der Waals surface area contributed by atoms with E-state index >= 15 is 0 Å². The number of carbonyl (C=O) groups is 1. The van der Waals surface area contributed by atoms with Gasteiger partial charge in [0.25, 0.3) is 5.91 Å². The highest BCUT2D eigenvalue weighted by molar-refractivity contribution is 6.14. The van der Waals surface area contributed by atoms with Crippen LogP contribution in [0.4, 0.5) is 4.39 Å².